The second kappa shape index (κ2) is 6.72. The van der Waals surface area contributed by atoms with Crippen molar-refractivity contribution in [1.29, 1.82) is 0 Å². The summed E-state index contributed by atoms with van der Waals surface area (Å²) in [6.45, 7) is 6.51. The van der Waals surface area contributed by atoms with E-state index < -0.39 is 0 Å². The minimum Gasteiger partial charge on any atom is -0.352 e. The van der Waals surface area contributed by atoms with Crippen LogP contribution in [0.5, 0.6) is 0 Å². The summed E-state index contributed by atoms with van der Waals surface area (Å²) in [4.78, 5) is 14.0. The lowest BCUT2D eigenvalue weighted by Gasteiger charge is -2.44. The Bertz CT molecular complexity index is 795. The fraction of sp³-hybridized carbons (Fsp3) is 0.720. The Labute approximate surface area is 180 Å². The van der Waals surface area contributed by atoms with Crippen LogP contribution in [-0.2, 0) is 10.2 Å². The Kier molecular flexibility index (Phi) is 4.61. The van der Waals surface area contributed by atoms with Crippen LogP contribution in [0.15, 0.2) is 30.3 Å². The van der Waals surface area contributed by atoms with Crippen molar-refractivity contribution >= 4 is 17.5 Å². The van der Waals surface area contributed by atoms with Crippen LogP contribution in [0.1, 0.15) is 64.4 Å². The molecule has 1 saturated heterocycles. The van der Waals surface area contributed by atoms with E-state index in [-0.39, 0.29) is 27.7 Å². The first-order valence-electron chi connectivity index (χ1n) is 11.5. The van der Waals surface area contributed by atoms with Crippen molar-refractivity contribution in [2.75, 3.05) is 19.0 Å². The third-order valence-corrected chi connectivity index (χ3v) is 9.35. The fourth-order valence-electron chi connectivity index (χ4n) is 8.03. The molecule has 6 rings (SSSR count). The predicted molar refractivity (Wildman–Crippen MR) is 118 cm³/mol. The van der Waals surface area contributed by atoms with E-state index in [0.29, 0.717) is 17.7 Å². The lowest BCUT2D eigenvalue weighted by atomic mass is 9.63. The molecule has 4 bridgehead atoms. The maximum atomic E-state index is 14.0. The Balaban J connectivity index is 1.50. The topological polar surface area (TPSA) is 41.1 Å². The standard InChI is InChI=1S/C25H35ClN2O/c1-22(2)17-27-11-8-20(22)28-21(29)25-14-18-12-23(16-25,19-6-4-3-5-7-19)15-24(25,13-18)9-10-26/h3-7,18,20,27H,8-17H2,1-2H3,(H,28,29)/t18?,20?,23-,24-,25?/m1/s1. The summed E-state index contributed by atoms with van der Waals surface area (Å²) in [7, 11) is 0. The smallest absolute Gasteiger partial charge is 0.227 e. The highest BCUT2D eigenvalue weighted by Crippen LogP contribution is 2.77. The number of piperidine rings is 1. The highest BCUT2D eigenvalue weighted by Gasteiger charge is 2.74. The lowest BCUT2D eigenvalue weighted by Crippen LogP contribution is -2.58. The molecule has 4 heteroatoms. The van der Waals surface area contributed by atoms with Gasteiger partial charge >= 0.3 is 0 Å². The molecule has 3 nitrogen and oxygen atoms in total. The van der Waals surface area contributed by atoms with E-state index in [0.717, 1.165) is 45.2 Å². The third-order valence-electron chi connectivity index (χ3n) is 9.16. The van der Waals surface area contributed by atoms with E-state index in [1.165, 1.54) is 18.4 Å². The molecule has 0 radical (unpaired) electrons. The molecule has 4 aliphatic carbocycles. The maximum absolute atomic E-state index is 14.0. The minimum atomic E-state index is -0.235. The molecule has 1 aromatic rings. The first kappa shape index (κ1) is 19.9. The molecule has 5 atom stereocenters. The summed E-state index contributed by atoms with van der Waals surface area (Å²) in [5.41, 5.74) is 1.54. The molecule has 5 fully saturated rings. The van der Waals surface area contributed by atoms with Gasteiger partial charge in [-0.3, -0.25) is 4.79 Å². The molecule has 1 aliphatic heterocycles. The van der Waals surface area contributed by atoms with E-state index in [1.54, 1.807) is 0 Å². The van der Waals surface area contributed by atoms with Gasteiger partial charge in [-0.15, -0.1) is 11.6 Å². The number of benzene rings is 1. The number of alkyl halides is 1. The van der Waals surface area contributed by atoms with E-state index in [2.05, 4.69) is 54.8 Å². The quantitative estimate of drug-likeness (QED) is 0.689. The first-order valence-corrected chi connectivity index (χ1v) is 12.0. The molecule has 2 N–H and O–H groups in total. The summed E-state index contributed by atoms with van der Waals surface area (Å²) >= 11 is 6.36. The van der Waals surface area contributed by atoms with Crippen LogP contribution in [0.25, 0.3) is 0 Å². The number of rotatable bonds is 5. The second-order valence-corrected chi connectivity index (χ2v) is 11.6. The normalized spacial score (nSPS) is 42.2. The number of amides is 1. The van der Waals surface area contributed by atoms with Crippen LogP contribution in [-0.4, -0.2) is 30.9 Å². The van der Waals surface area contributed by atoms with Crippen LogP contribution < -0.4 is 10.6 Å². The van der Waals surface area contributed by atoms with Crippen molar-refractivity contribution in [2.45, 2.75) is 70.3 Å². The molecule has 158 valence electrons. The molecule has 5 aliphatic rings. The number of carbonyl (C=O) groups excluding carboxylic acids is 1. The minimum absolute atomic E-state index is 0.0780. The van der Waals surface area contributed by atoms with Crippen LogP contribution in [0, 0.1) is 22.2 Å². The second-order valence-electron chi connectivity index (χ2n) is 11.3. The molecule has 0 aromatic heterocycles. The zero-order chi connectivity index (χ0) is 20.3. The Morgan fingerprint density at radius 3 is 2.69 bits per heavy atom. The number of hydrogen-bond donors (Lipinski definition) is 2. The average molecular weight is 415 g/mol. The summed E-state index contributed by atoms with van der Waals surface area (Å²) in [5.74, 6) is 1.65. The predicted octanol–water partition coefficient (Wildman–Crippen LogP) is 4.64. The van der Waals surface area contributed by atoms with Gasteiger partial charge in [0.15, 0.2) is 0 Å². The van der Waals surface area contributed by atoms with E-state index in [4.69, 9.17) is 11.6 Å². The SMILES string of the molecule is CC1(C)CNCCC1NC(=O)C12CC3C[C@](c4ccccc4)(C1)C[C@@]2(CCCl)C3. The monoisotopic (exact) mass is 414 g/mol. The van der Waals surface area contributed by atoms with Gasteiger partial charge in [-0.1, -0.05) is 44.2 Å². The Morgan fingerprint density at radius 1 is 1.17 bits per heavy atom. The Morgan fingerprint density at radius 2 is 1.97 bits per heavy atom. The molecular formula is C25H35ClN2O. The van der Waals surface area contributed by atoms with Crippen molar-refractivity contribution in [3.63, 3.8) is 0 Å². The van der Waals surface area contributed by atoms with Crippen LogP contribution in [0.3, 0.4) is 0 Å². The van der Waals surface area contributed by atoms with Gasteiger partial charge in [0.05, 0.1) is 5.41 Å². The zero-order valence-corrected chi connectivity index (χ0v) is 18.7. The molecule has 4 saturated carbocycles. The van der Waals surface area contributed by atoms with E-state index >= 15 is 0 Å². The highest BCUT2D eigenvalue weighted by molar-refractivity contribution is 6.17. The van der Waals surface area contributed by atoms with Gasteiger partial charge in [0.25, 0.3) is 0 Å². The molecule has 1 amide bonds. The van der Waals surface area contributed by atoms with Crippen LogP contribution in [0.2, 0.25) is 0 Å². The van der Waals surface area contributed by atoms with Gasteiger partial charge in [0, 0.05) is 18.5 Å². The summed E-state index contributed by atoms with van der Waals surface area (Å²) in [5, 5.41) is 7.08. The third kappa shape index (κ3) is 2.83. The van der Waals surface area contributed by atoms with Crippen LogP contribution in [0.4, 0.5) is 0 Å². The Hall–Kier alpha value is -1.06. The van der Waals surface area contributed by atoms with Crippen molar-refractivity contribution in [1.82, 2.24) is 10.6 Å². The first-order chi connectivity index (χ1) is 13.8. The van der Waals surface area contributed by atoms with Gasteiger partial charge in [0.2, 0.25) is 5.91 Å². The molecule has 0 spiro atoms. The van der Waals surface area contributed by atoms with Crippen molar-refractivity contribution in [2.24, 2.45) is 22.2 Å². The molecule has 29 heavy (non-hydrogen) atoms. The summed E-state index contributed by atoms with van der Waals surface area (Å²) in [6, 6.07) is 11.3. The van der Waals surface area contributed by atoms with E-state index in [1.807, 2.05) is 0 Å². The average Bonchev–Trinajstić information content (AvgIpc) is 3.03. The maximum Gasteiger partial charge on any atom is 0.227 e. The van der Waals surface area contributed by atoms with E-state index in [9.17, 15) is 4.79 Å². The number of halogens is 1. The highest BCUT2D eigenvalue weighted by atomic mass is 35.5. The largest absolute Gasteiger partial charge is 0.352 e. The van der Waals surface area contributed by atoms with Gasteiger partial charge in [-0.2, -0.15) is 0 Å². The van der Waals surface area contributed by atoms with Gasteiger partial charge in [0.1, 0.15) is 0 Å². The summed E-state index contributed by atoms with van der Waals surface area (Å²) < 4.78 is 0. The number of hydrogen-bond acceptors (Lipinski definition) is 2. The van der Waals surface area contributed by atoms with Crippen molar-refractivity contribution in [3.05, 3.63) is 35.9 Å². The lowest BCUT2D eigenvalue weighted by molar-refractivity contribution is -0.138. The van der Waals surface area contributed by atoms with Crippen LogP contribution >= 0.6 is 11.6 Å². The molecular weight excluding hydrogens is 380 g/mol. The molecule has 1 aromatic carbocycles. The van der Waals surface area contributed by atoms with Crippen molar-refractivity contribution < 1.29 is 4.79 Å². The molecule has 1 heterocycles. The fourth-order valence-corrected chi connectivity index (χ4v) is 8.39. The number of nitrogens with one attached hydrogen (secondary N) is 2. The van der Waals surface area contributed by atoms with Crippen molar-refractivity contribution in [3.8, 4) is 0 Å². The zero-order valence-electron chi connectivity index (χ0n) is 17.9. The molecule has 3 unspecified atom stereocenters. The number of carbonyl (C=O) groups is 1. The van der Waals surface area contributed by atoms with Gasteiger partial charge in [-0.25, -0.2) is 0 Å². The summed E-state index contributed by atoms with van der Waals surface area (Å²) in [6.07, 6.45) is 7.64. The van der Waals surface area contributed by atoms with Gasteiger partial charge in [-0.05, 0) is 79.2 Å². The van der Waals surface area contributed by atoms with Gasteiger partial charge < -0.3 is 10.6 Å².